The molecule has 1 aliphatic heterocycles. The number of nitrogens with zero attached hydrogens (tertiary/aromatic N) is 7. The van der Waals surface area contributed by atoms with Crippen molar-refractivity contribution in [2.45, 2.75) is 12.8 Å². The highest BCUT2D eigenvalue weighted by Gasteiger charge is 2.22. The van der Waals surface area contributed by atoms with Gasteiger partial charge in [0.25, 0.3) is 0 Å². The van der Waals surface area contributed by atoms with E-state index in [0.29, 0.717) is 18.5 Å². The lowest BCUT2D eigenvalue weighted by atomic mass is 9.99. The summed E-state index contributed by atoms with van der Waals surface area (Å²) >= 11 is 3.32. The van der Waals surface area contributed by atoms with Crippen LogP contribution in [-0.2, 0) is 0 Å². The number of piperidine rings is 1. The van der Waals surface area contributed by atoms with Crippen molar-refractivity contribution in [3.05, 3.63) is 35.3 Å². The lowest BCUT2D eigenvalue weighted by molar-refractivity contribution is 0.213. The van der Waals surface area contributed by atoms with E-state index in [-0.39, 0.29) is 0 Å². The predicted octanol–water partition coefficient (Wildman–Crippen LogP) is 1.97. The quantitative estimate of drug-likeness (QED) is 0.674. The van der Waals surface area contributed by atoms with Gasteiger partial charge in [-0.25, -0.2) is 9.97 Å². The van der Waals surface area contributed by atoms with E-state index in [0.717, 1.165) is 41.9 Å². The van der Waals surface area contributed by atoms with E-state index in [1.54, 1.807) is 23.2 Å². The Morgan fingerprint density at radius 1 is 1.25 bits per heavy atom. The maximum absolute atomic E-state index is 5.73. The van der Waals surface area contributed by atoms with E-state index in [1.807, 2.05) is 12.1 Å². The van der Waals surface area contributed by atoms with Gasteiger partial charge in [0.15, 0.2) is 5.65 Å². The first-order valence-corrected chi connectivity index (χ1v) is 8.59. The van der Waals surface area contributed by atoms with Crippen molar-refractivity contribution < 1.29 is 4.74 Å². The highest BCUT2D eigenvalue weighted by Crippen LogP contribution is 2.22. The van der Waals surface area contributed by atoms with E-state index in [4.69, 9.17) is 4.74 Å². The van der Waals surface area contributed by atoms with E-state index in [9.17, 15) is 0 Å². The highest BCUT2D eigenvalue weighted by atomic mass is 79.9. The molecule has 0 amide bonds. The van der Waals surface area contributed by atoms with Gasteiger partial charge in [0.05, 0.1) is 11.1 Å². The fraction of sp³-hybridized carbons (Fsp3) is 0.400. The molecule has 1 unspecified atom stereocenters. The molecule has 8 nitrogen and oxygen atoms in total. The van der Waals surface area contributed by atoms with Gasteiger partial charge < -0.3 is 9.64 Å². The molecule has 1 fully saturated rings. The predicted molar refractivity (Wildman–Crippen MR) is 90.9 cm³/mol. The van der Waals surface area contributed by atoms with Crippen LogP contribution >= 0.6 is 15.9 Å². The Hall–Kier alpha value is -2.29. The highest BCUT2D eigenvalue weighted by molar-refractivity contribution is 9.10. The lowest BCUT2D eigenvalue weighted by Gasteiger charge is -2.33. The van der Waals surface area contributed by atoms with Gasteiger partial charge in [-0.1, -0.05) is 0 Å². The Labute approximate surface area is 147 Å². The van der Waals surface area contributed by atoms with Gasteiger partial charge in [-0.05, 0) is 40.9 Å². The molecule has 4 heterocycles. The molecule has 24 heavy (non-hydrogen) atoms. The number of halogens is 1. The standard InChI is InChI=1S/C15H16BrN7O/c16-12-6-17-15(18-7-12)24-9-11-2-1-5-22(8-11)14-4-3-13-20-19-10-23(13)21-14/h3-4,6-7,10-11H,1-2,5,8-9H2. The summed E-state index contributed by atoms with van der Waals surface area (Å²) in [6.07, 6.45) is 7.23. The fourth-order valence-electron chi connectivity index (χ4n) is 2.86. The Balaban J connectivity index is 1.40. The Bertz CT molecular complexity index is 822. The number of rotatable bonds is 4. The first-order valence-electron chi connectivity index (χ1n) is 7.80. The molecule has 4 rings (SSSR count). The fourth-order valence-corrected chi connectivity index (χ4v) is 3.07. The second-order valence-electron chi connectivity index (χ2n) is 5.77. The molecular weight excluding hydrogens is 374 g/mol. The maximum Gasteiger partial charge on any atom is 0.316 e. The Kier molecular flexibility index (Phi) is 4.24. The van der Waals surface area contributed by atoms with Gasteiger partial charge in [0.2, 0.25) is 0 Å². The number of fused-ring (bicyclic) bond motifs is 1. The van der Waals surface area contributed by atoms with E-state index < -0.39 is 0 Å². The molecule has 9 heteroatoms. The molecule has 1 saturated heterocycles. The van der Waals surface area contributed by atoms with Crippen LogP contribution in [0.15, 0.2) is 35.3 Å². The van der Waals surface area contributed by atoms with Crippen molar-refractivity contribution in [1.29, 1.82) is 0 Å². The molecule has 0 aromatic carbocycles. The van der Waals surface area contributed by atoms with Crippen molar-refractivity contribution in [3.63, 3.8) is 0 Å². The van der Waals surface area contributed by atoms with Crippen LogP contribution in [0.4, 0.5) is 5.82 Å². The molecule has 0 bridgehead atoms. The third-order valence-electron chi connectivity index (χ3n) is 4.04. The molecule has 0 saturated carbocycles. The molecule has 0 spiro atoms. The first-order chi connectivity index (χ1) is 11.8. The summed E-state index contributed by atoms with van der Waals surface area (Å²) in [5.41, 5.74) is 0.753. The van der Waals surface area contributed by atoms with Crippen molar-refractivity contribution in [3.8, 4) is 6.01 Å². The van der Waals surface area contributed by atoms with Gasteiger partial charge in [-0.15, -0.1) is 15.3 Å². The maximum atomic E-state index is 5.73. The average Bonchev–Trinajstić information content (AvgIpc) is 3.09. The summed E-state index contributed by atoms with van der Waals surface area (Å²) in [6.45, 7) is 2.50. The van der Waals surface area contributed by atoms with Gasteiger partial charge in [-0.2, -0.15) is 4.52 Å². The van der Waals surface area contributed by atoms with E-state index in [1.165, 1.54) is 0 Å². The average molecular weight is 390 g/mol. The smallest absolute Gasteiger partial charge is 0.316 e. The summed E-state index contributed by atoms with van der Waals surface area (Å²) in [5.74, 6) is 1.36. The Morgan fingerprint density at radius 3 is 3.00 bits per heavy atom. The van der Waals surface area contributed by atoms with Gasteiger partial charge in [0, 0.05) is 31.4 Å². The molecule has 1 atom stereocenters. The summed E-state index contributed by atoms with van der Waals surface area (Å²) in [4.78, 5) is 10.6. The Morgan fingerprint density at radius 2 is 2.12 bits per heavy atom. The zero-order valence-electron chi connectivity index (χ0n) is 12.9. The number of ether oxygens (including phenoxy) is 1. The third-order valence-corrected chi connectivity index (χ3v) is 4.44. The molecule has 3 aromatic rings. The first kappa shape index (κ1) is 15.3. The summed E-state index contributed by atoms with van der Waals surface area (Å²) in [6, 6.07) is 4.34. The normalized spacial score (nSPS) is 18.0. The molecule has 0 aliphatic carbocycles. The van der Waals surface area contributed by atoms with Crippen LogP contribution in [0.25, 0.3) is 5.65 Å². The molecular formula is C15H16BrN7O. The number of hydrogen-bond donors (Lipinski definition) is 0. The van der Waals surface area contributed by atoms with E-state index >= 15 is 0 Å². The monoisotopic (exact) mass is 389 g/mol. The topological polar surface area (TPSA) is 81.3 Å². The molecule has 3 aromatic heterocycles. The van der Waals surface area contributed by atoms with Crippen molar-refractivity contribution in [2.75, 3.05) is 24.6 Å². The van der Waals surface area contributed by atoms with Gasteiger partial charge in [-0.3, -0.25) is 0 Å². The second kappa shape index (κ2) is 6.68. The zero-order chi connectivity index (χ0) is 16.4. The van der Waals surface area contributed by atoms with Gasteiger partial charge >= 0.3 is 6.01 Å². The van der Waals surface area contributed by atoms with E-state index in [2.05, 4.69) is 46.1 Å². The minimum absolute atomic E-state index is 0.416. The summed E-state index contributed by atoms with van der Waals surface area (Å²) in [5, 5.41) is 12.4. The third kappa shape index (κ3) is 3.30. The second-order valence-corrected chi connectivity index (χ2v) is 6.69. The van der Waals surface area contributed by atoms with Gasteiger partial charge in [0.1, 0.15) is 12.1 Å². The lowest BCUT2D eigenvalue weighted by Crippen LogP contribution is -2.38. The van der Waals surface area contributed by atoms with Crippen LogP contribution in [-0.4, -0.2) is 49.5 Å². The van der Waals surface area contributed by atoms with Crippen LogP contribution in [0.3, 0.4) is 0 Å². The van der Waals surface area contributed by atoms with Crippen LogP contribution in [0, 0.1) is 5.92 Å². The summed E-state index contributed by atoms with van der Waals surface area (Å²) in [7, 11) is 0. The number of hydrogen-bond acceptors (Lipinski definition) is 7. The van der Waals surface area contributed by atoms with Crippen LogP contribution in [0.2, 0.25) is 0 Å². The minimum Gasteiger partial charge on any atom is -0.463 e. The largest absolute Gasteiger partial charge is 0.463 e. The van der Waals surface area contributed by atoms with Crippen LogP contribution in [0.5, 0.6) is 6.01 Å². The summed E-state index contributed by atoms with van der Waals surface area (Å²) < 4.78 is 8.27. The van der Waals surface area contributed by atoms with Crippen LogP contribution in [0.1, 0.15) is 12.8 Å². The van der Waals surface area contributed by atoms with Crippen molar-refractivity contribution in [1.82, 2.24) is 29.8 Å². The molecule has 1 aliphatic rings. The SMILES string of the molecule is Brc1cnc(OCC2CCCN(c3ccc4nncn4n3)C2)nc1. The van der Waals surface area contributed by atoms with Crippen molar-refractivity contribution in [2.24, 2.45) is 5.92 Å². The molecule has 124 valence electrons. The minimum atomic E-state index is 0.416. The van der Waals surface area contributed by atoms with Crippen molar-refractivity contribution >= 4 is 27.4 Å². The number of aromatic nitrogens is 6. The molecule has 0 N–H and O–H groups in total. The molecule has 0 radical (unpaired) electrons. The zero-order valence-corrected chi connectivity index (χ0v) is 14.5. The number of anilines is 1. The van der Waals surface area contributed by atoms with Crippen LogP contribution < -0.4 is 9.64 Å².